The fraction of sp³-hybridized carbons (Fsp3) is 0.647. The molecule has 25 heavy (non-hydrogen) atoms. The second-order valence-electron chi connectivity index (χ2n) is 6.89. The molecule has 0 spiro atoms. The van der Waals surface area contributed by atoms with E-state index in [2.05, 4.69) is 33.3 Å². The SMILES string of the molecule is CN(C)C1CCCCC1.NSN1CCc2sc3nc[nH]c(=O)c3c2C1. The number of hydrogen-bond donors (Lipinski definition) is 2. The molecule has 0 radical (unpaired) electrons. The fourth-order valence-corrected chi connectivity index (χ4v) is 5.12. The van der Waals surface area contributed by atoms with Crippen molar-refractivity contribution in [1.29, 1.82) is 0 Å². The maximum atomic E-state index is 11.8. The van der Waals surface area contributed by atoms with Crippen LogP contribution in [0, 0.1) is 0 Å². The molecule has 1 aliphatic carbocycles. The maximum Gasteiger partial charge on any atom is 0.259 e. The summed E-state index contributed by atoms with van der Waals surface area (Å²) < 4.78 is 2.06. The van der Waals surface area contributed by atoms with Crippen LogP contribution in [0.1, 0.15) is 42.5 Å². The number of aromatic nitrogens is 2. The Morgan fingerprint density at radius 1 is 1.36 bits per heavy atom. The Bertz CT molecular complexity index is 751. The Balaban J connectivity index is 0.000000173. The van der Waals surface area contributed by atoms with Crippen LogP contribution in [0.5, 0.6) is 0 Å². The van der Waals surface area contributed by atoms with Crippen molar-refractivity contribution >= 4 is 33.7 Å². The van der Waals surface area contributed by atoms with Crippen molar-refractivity contribution < 1.29 is 0 Å². The van der Waals surface area contributed by atoms with E-state index in [9.17, 15) is 4.79 Å². The summed E-state index contributed by atoms with van der Waals surface area (Å²) >= 11 is 2.85. The van der Waals surface area contributed by atoms with Crippen molar-refractivity contribution in [3.8, 4) is 0 Å². The Labute approximate surface area is 157 Å². The van der Waals surface area contributed by atoms with Crippen molar-refractivity contribution in [1.82, 2.24) is 19.2 Å². The molecule has 3 heterocycles. The van der Waals surface area contributed by atoms with E-state index in [4.69, 9.17) is 5.14 Å². The van der Waals surface area contributed by atoms with E-state index in [-0.39, 0.29) is 5.56 Å². The highest BCUT2D eigenvalue weighted by Gasteiger charge is 2.22. The molecule has 2 aromatic heterocycles. The molecule has 2 aliphatic rings. The van der Waals surface area contributed by atoms with Gasteiger partial charge in [0, 0.05) is 36.1 Å². The first-order chi connectivity index (χ1) is 12.1. The predicted molar refractivity (Wildman–Crippen MR) is 107 cm³/mol. The lowest BCUT2D eigenvalue weighted by Crippen LogP contribution is -2.29. The van der Waals surface area contributed by atoms with Gasteiger partial charge < -0.3 is 9.88 Å². The van der Waals surface area contributed by atoms with E-state index in [1.165, 1.54) is 55.4 Å². The molecule has 4 rings (SSSR count). The third-order valence-electron chi connectivity index (χ3n) is 5.05. The largest absolute Gasteiger partial charge is 0.313 e. The number of nitrogens with one attached hydrogen (secondary N) is 1. The van der Waals surface area contributed by atoms with Crippen LogP contribution < -0.4 is 10.7 Å². The van der Waals surface area contributed by atoms with Crippen molar-refractivity contribution in [3.63, 3.8) is 0 Å². The Hall–Kier alpha value is -0.930. The highest BCUT2D eigenvalue weighted by Crippen LogP contribution is 2.33. The van der Waals surface area contributed by atoms with Crippen molar-refractivity contribution in [3.05, 3.63) is 27.1 Å². The van der Waals surface area contributed by atoms with Gasteiger partial charge in [-0.2, -0.15) is 0 Å². The second kappa shape index (κ2) is 8.64. The average Bonchev–Trinajstić information content (AvgIpc) is 3.01. The highest BCUT2D eigenvalue weighted by atomic mass is 32.2. The summed E-state index contributed by atoms with van der Waals surface area (Å²) in [7, 11) is 4.38. The number of thiophene rings is 1. The molecule has 3 N–H and O–H groups in total. The zero-order valence-corrected chi connectivity index (χ0v) is 16.6. The molecule has 0 bridgehead atoms. The van der Waals surface area contributed by atoms with Gasteiger partial charge in [0.1, 0.15) is 4.83 Å². The van der Waals surface area contributed by atoms with Crippen LogP contribution in [0.4, 0.5) is 0 Å². The number of H-pyrrole nitrogens is 1. The van der Waals surface area contributed by atoms with Gasteiger partial charge in [0.2, 0.25) is 0 Å². The monoisotopic (exact) mass is 381 g/mol. The minimum absolute atomic E-state index is 0.0497. The molecule has 0 unspecified atom stereocenters. The lowest BCUT2D eigenvalue weighted by molar-refractivity contribution is 0.229. The van der Waals surface area contributed by atoms with Crippen molar-refractivity contribution in [2.75, 3.05) is 20.6 Å². The summed E-state index contributed by atoms with van der Waals surface area (Å²) in [5.74, 6) is 0. The van der Waals surface area contributed by atoms with Gasteiger partial charge in [0.05, 0.1) is 11.7 Å². The topological polar surface area (TPSA) is 78.2 Å². The van der Waals surface area contributed by atoms with Gasteiger partial charge in [-0.3, -0.25) is 9.93 Å². The van der Waals surface area contributed by atoms with Crippen molar-refractivity contribution in [2.24, 2.45) is 5.14 Å². The molecule has 2 aromatic rings. The van der Waals surface area contributed by atoms with Gasteiger partial charge in [0.25, 0.3) is 5.56 Å². The standard InChI is InChI=1S/C9H10N4OS2.C8H17N/c10-16-13-2-1-6-5(3-13)7-8(14)11-4-12-9(7)15-6;1-9(2)8-6-4-3-5-7-8/h4H,1-3,10H2,(H,11,12,14);8H,3-7H2,1-2H3. The van der Waals surface area contributed by atoms with E-state index in [0.29, 0.717) is 0 Å². The van der Waals surface area contributed by atoms with Crippen LogP contribution in [0.15, 0.2) is 11.1 Å². The summed E-state index contributed by atoms with van der Waals surface area (Å²) in [6.07, 6.45) is 9.61. The Morgan fingerprint density at radius 3 is 2.76 bits per heavy atom. The number of nitrogens with two attached hydrogens (primary N) is 1. The Morgan fingerprint density at radius 2 is 2.12 bits per heavy atom. The normalized spacial score (nSPS) is 18.9. The highest BCUT2D eigenvalue weighted by molar-refractivity contribution is 7.94. The lowest BCUT2D eigenvalue weighted by atomic mass is 9.95. The van der Waals surface area contributed by atoms with Gasteiger partial charge >= 0.3 is 0 Å². The molecule has 8 heteroatoms. The summed E-state index contributed by atoms with van der Waals surface area (Å²) in [5.41, 5.74) is 1.05. The van der Waals surface area contributed by atoms with E-state index in [0.717, 1.165) is 41.3 Å². The third-order valence-corrected chi connectivity index (χ3v) is 6.86. The molecule has 6 nitrogen and oxygen atoms in total. The van der Waals surface area contributed by atoms with Gasteiger partial charge in [0.15, 0.2) is 0 Å². The molecular formula is C17H27N5OS2. The van der Waals surface area contributed by atoms with Gasteiger partial charge in [-0.25, -0.2) is 9.29 Å². The zero-order chi connectivity index (χ0) is 17.8. The van der Waals surface area contributed by atoms with E-state index in [1.807, 2.05) is 0 Å². The first kappa shape index (κ1) is 18.8. The van der Waals surface area contributed by atoms with Gasteiger partial charge in [-0.1, -0.05) is 19.3 Å². The van der Waals surface area contributed by atoms with Crippen LogP contribution in [-0.4, -0.2) is 45.9 Å². The number of rotatable bonds is 2. The summed E-state index contributed by atoms with van der Waals surface area (Å²) in [6, 6.07) is 0.888. The smallest absolute Gasteiger partial charge is 0.259 e. The predicted octanol–water partition coefficient (Wildman–Crippen LogP) is 2.75. The minimum atomic E-state index is -0.0497. The second-order valence-corrected chi connectivity index (χ2v) is 8.70. The maximum absolute atomic E-state index is 11.8. The quantitative estimate of drug-likeness (QED) is 0.779. The van der Waals surface area contributed by atoms with Crippen LogP contribution in [-0.2, 0) is 13.0 Å². The van der Waals surface area contributed by atoms with Crippen LogP contribution in [0.3, 0.4) is 0 Å². The molecular weight excluding hydrogens is 354 g/mol. The molecule has 0 atom stereocenters. The number of fused-ring (bicyclic) bond motifs is 3. The number of aromatic amines is 1. The molecule has 1 saturated carbocycles. The molecule has 0 amide bonds. The molecule has 1 aliphatic heterocycles. The number of nitrogens with zero attached hydrogens (tertiary/aromatic N) is 3. The van der Waals surface area contributed by atoms with E-state index in [1.54, 1.807) is 11.3 Å². The van der Waals surface area contributed by atoms with Crippen molar-refractivity contribution in [2.45, 2.75) is 51.1 Å². The number of hydrogen-bond acceptors (Lipinski definition) is 7. The first-order valence-electron chi connectivity index (χ1n) is 8.86. The average molecular weight is 382 g/mol. The molecule has 0 aromatic carbocycles. The van der Waals surface area contributed by atoms with Crippen LogP contribution >= 0.6 is 23.5 Å². The zero-order valence-electron chi connectivity index (χ0n) is 15.0. The van der Waals surface area contributed by atoms with Crippen LogP contribution in [0.25, 0.3) is 10.2 Å². The van der Waals surface area contributed by atoms with Gasteiger partial charge in [-0.15, -0.1) is 11.3 Å². The lowest BCUT2D eigenvalue weighted by Gasteiger charge is -2.27. The molecule has 1 fully saturated rings. The summed E-state index contributed by atoms with van der Waals surface area (Å²) in [6.45, 7) is 1.66. The first-order valence-corrected chi connectivity index (χ1v) is 10.5. The molecule has 138 valence electrons. The third kappa shape index (κ3) is 4.43. The molecule has 0 saturated heterocycles. The van der Waals surface area contributed by atoms with Crippen LogP contribution in [0.2, 0.25) is 0 Å². The Kier molecular flexibility index (Phi) is 6.51. The fourth-order valence-electron chi connectivity index (χ4n) is 3.58. The minimum Gasteiger partial charge on any atom is -0.313 e. The van der Waals surface area contributed by atoms with E-state index >= 15 is 0 Å². The summed E-state index contributed by atoms with van der Waals surface area (Å²) in [5, 5.41) is 6.29. The summed E-state index contributed by atoms with van der Waals surface area (Å²) in [4.78, 5) is 23.1. The van der Waals surface area contributed by atoms with Gasteiger partial charge in [-0.05, 0) is 38.9 Å². The van der Waals surface area contributed by atoms with E-state index < -0.39 is 0 Å².